The van der Waals surface area contributed by atoms with Gasteiger partial charge in [0.1, 0.15) is 5.82 Å². The maximum Gasteiger partial charge on any atom is 0.490 e. The Morgan fingerprint density at radius 3 is 2.39 bits per heavy atom. The number of carboxylic acids is 2. The van der Waals surface area contributed by atoms with Gasteiger partial charge in [-0.25, -0.2) is 9.78 Å². The Morgan fingerprint density at radius 2 is 1.84 bits per heavy atom. The van der Waals surface area contributed by atoms with Gasteiger partial charge in [0.2, 0.25) is 5.89 Å². The molecular weight excluding hydrogens is 421 g/mol. The van der Waals surface area contributed by atoms with Gasteiger partial charge in [-0.15, -0.1) is 0 Å². The summed E-state index contributed by atoms with van der Waals surface area (Å²) in [7, 11) is 0. The van der Waals surface area contributed by atoms with Crippen molar-refractivity contribution in [3.8, 4) is 0 Å². The number of anilines is 1. The molecule has 0 spiro atoms. The summed E-state index contributed by atoms with van der Waals surface area (Å²) in [4.78, 5) is 28.3. The van der Waals surface area contributed by atoms with Gasteiger partial charge < -0.3 is 20.1 Å². The van der Waals surface area contributed by atoms with Crippen LogP contribution in [0.15, 0.2) is 28.9 Å². The number of rotatable bonds is 10. The zero-order valence-electron chi connectivity index (χ0n) is 17.1. The number of nitrogens with one attached hydrogen (secondary N) is 1. The third kappa shape index (κ3) is 11.6. The Balaban J connectivity index is 0.000000592. The highest BCUT2D eigenvalue weighted by Crippen LogP contribution is 2.24. The van der Waals surface area contributed by atoms with Gasteiger partial charge >= 0.3 is 18.1 Å². The largest absolute Gasteiger partial charge is 0.490 e. The number of carboxylic acid groups (broad SMARTS) is 2. The predicted molar refractivity (Wildman–Crippen MR) is 103 cm³/mol. The number of hydrogen-bond acceptors (Lipinski definition) is 7. The summed E-state index contributed by atoms with van der Waals surface area (Å²) in [6.45, 7) is 4.62. The number of unbranched alkanes of at least 4 members (excludes halogenated alkanes) is 1. The van der Waals surface area contributed by atoms with Crippen LogP contribution in [-0.4, -0.2) is 50.0 Å². The number of aromatic nitrogens is 3. The van der Waals surface area contributed by atoms with E-state index in [2.05, 4.69) is 20.4 Å². The summed E-state index contributed by atoms with van der Waals surface area (Å²) in [5, 5.41) is 23.2. The summed E-state index contributed by atoms with van der Waals surface area (Å²) >= 11 is 0. The minimum absolute atomic E-state index is 0.0794. The minimum Gasteiger partial charge on any atom is -0.481 e. The molecule has 172 valence electrons. The quantitative estimate of drug-likeness (QED) is 0.467. The smallest absolute Gasteiger partial charge is 0.481 e. The van der Waals surface area contributed by atoms with E-state index in [4.69, 9.17) is 19.5 Å². The number of aliphatic carboxylic acids is 2. The highest BCUT2D eigenvalue weighted by molar-refractivity contribution is 5.73. The van der Waals surface area contributed by atoms with Crippen molar-refractivity contribution in [3.05, 3.63) is 36.1 Å². The zero-order valence-corrected chi connectivity index (χ0v) is 17.1. The van der Waals surface area contributed by atoms with E-state index in [0.717, 1.165) is 31.6 Å². The molecule has 0 bridgehead atoms. The fourth-order valence-electron chi connectivity index (χ4n) is 2.45. The summed E-state index contributed by atoms with van der Waals surface area (Å²) < 4.78 is 37.0. The minimum atomic E-state index is -5.08. The Morgan fingerprint density at radius 1 is 1.16 bits per heavy atom. The summed E-state index contributed by atoms with van der Waals surface area (Å²) in [5.41, 5.74) is -0.389. The van der Waals surface area contributed by atoms with Crippen LogP contribution in [0.5, 0.6) is 0 Å². The second-order valence-electron chi connectivity index (χ2n) is 7.42. The van der Waals surface area contributed by atoms with Crippen LogP contribution in [0.3, 0.4) is 0 Å². The van der Waals surface area contributed by atoms with Crippen LogP contribution in [-0.2, 0) is 22.4 Å². The van der Waals surface area contributed by atoms with Gasteiger partial charge in [0.05, 0.1) is 6.42 Å². The Bertz CT molecular complexity index is 825. The topological polar surface area (TPSA) is 138 Å². The van der Waals surface area contributed by atoms with E-state index >= 15 is 0 Å². The Hall–Kier alpha value is -3.18. The van der Waals surface area contributed by atoms with E-state index in [1.165, 1.54) is 0 Å². The molecule has 0 aliphatic carbocycles. The maximum atomic E-state index is 10.8. The van der Waals surface area contributed by atoms with Crippen molar-refractivity contribution in [2.24, 2.45) is 5.41 Å². The average Bonchev–Trinajstić information content (AvgIpc) is 3.07. The second-order valence-corrected chi connectivity index (χ2v) is 7.42. The van der Waals surface area contributed by atoms with Gasteiger partial charge in [0.25, 0.3) is 0 Å². The maximum absolute atomic E-state index is 10.8. The molecular formula is C19H25F3N4O5. The molecule has 2 rings (SSSR count). The van der Waals surface area contributed by atoms with Crippen molar-refractivity contribution in [2.45, 2.75) is 52.1 Å². The van der Waals surface area contributed by atoms with Gasteiger partial charge in [-0.3, -0.25) is 4.79 Å². The molecule has 9 nitrogen and oxygen atoms in total. The molecule has 0 saturated heterocycles. The second kappa shape index (κ2) is 11.9. The lowest BCUT2D eigenvalue weighted by atomic mass is 9.85. The summed E-state index contributed by atoms with van der Waals surface area (Å²) in [6.07, 6.45) is -0.136. The van der Waals surface area contributed by atoms with Crippen LogP contribution in [0.25, 0.3) is 0 Å². The van der Waals surface area contributed by atoms with Gasteiger partial charge in [-0.05, 0) is 30.4 Å². The van der Waals surface area contributed by atoms with Crippen molar-refractivity contribution in [1.82, 2.24) is 15.1 Å². The van der Waals surface area contributed by atoms with Crippen molar-refractivity contribution in [2.75, 3.05) is 11.9 Å². The van der Waals surface area contributed by atoms with Gasteiger partial charge in [0.15, 0.2) is 5.82 Å². The molecule has 0 aliphatic heterocycles. The molecule has 2 heterocycles. The monoisotopic (exact) mass is 446 g/mol. The first-order valence-electron chi connectivity index (χ1n) is 9.37. The van der Waals surface area contributed by atoms with Crippen molar-refractivity contribution < 1.29 is 37.5 Å². The molecule has 0 atom stereocenters. The molecule has 3 N–H and O–H groups in total. The number of carbonyl (C=O) groups is 2. The predicted octanol–water partition coefficient (Wildman–Crippen LogP) is 3.58. The number of alkyl halides is 3. The standard InChI is InChI=1S/C17H24N4O3.C2HF3O2/c1-17(2,12-16(22)23)11-14-20-15(24-21-14)8-4-6-10-19-13-7-3-5-9-18-13;3-2(4,5)1(6)7/h3,5,7,9H,4,6,8,10-12H2,1-2H3,(H,18,19)(H,22,23);(H,6,7). The van der Waals surface area contributed by atoms with E-state index in [-0.39, 0.29) is 11.8 Å². The normalized spacial score (nSPS) is 11.4. The molecule has 31 heavy (non-hydrogen) atoms. The number of aryl methyl sites for hydroxylation is 1. The third-order valence-corrected chi connectivity index (χ3v) is 3.81. The van der Waals surface area contributed by atoms with E-state index in [0.29, 0.717) is 18.1 Å². The van der Waals surface area contributed by atoms with E-state index < -0.39 is 18.1 Å². The Kier molecular flexibility index (Phi) is 9.90. The van der Waals surface area contributed by atoms with Crippen LogP contribution in [0.1, 0.15) is 44.8 Å². The van der Waals surface area contributed by atoms with Crippen molar-refractivity contribution in [3.63, 3.8) is 0 Å². The van der Waals surface area contributed by atoms with Crippen LogP contribution in [0.2, 0.25) is 0 Å². The molecule has 0 aromatic carbocycles. The van der Waals surface area contributed by atoms with E-state index in [1.807, 2.05) is 32.0 Å². The molecule has 0 radical (unpaired) electrons. The first-order chi connectivity index (χ1) is 14.4. The number of pyridine rings is 1. The van der Waals surface area contributed by atoms with Crippen LogP contribution < -0.4 is 5.32 Å². The SMILES string of the molecule is CC(C)(CC(=O)O)Cc1noc(CCCCNc2ccccn2)n1.O=C(O)C(F)(F)F. The molecule has 0 saturated carbocycles. The highest BCUT2D eigenvalue weighted by Gasteiger charge is 2.38. The molecule has 0 unspecified atom stereocenters. The van der Waals surface area contributed by atoms with Crippen molar-refractivity contribution in [1.29, 1.82) is 0 Å². The van der Waals surface area contributed by atoms with E-state index in [1.54, 1.807) is 6.20 Å². The summed E-state index contributed by atoms with van der Waals surface area (Å²) in [5.74, 6) is -1.52. The fraction of sp³-hybridized carbons (Fsp3) is 0.526. The number of hydrogen-bond donors (Lipinski definition) is 3. The molecule has 2 aromatic heterocycles. The molecule has 2 aromatic rings. The lowest BCUT2D eigenvalue weighted by Gasteiger charge is -2.19. The zero-order chi connectivity index (χ0) is 23.5. The first kappa shape index (κ1) is 25.9. The van der Waals surface area contributed by atoms with Crippen LogP contribution in [0.4, 0.5) is 19.0 Å². The molecule has 0 fully saturated rings. The number of halogens is 3. The van der Waals surface area contributed by atoms with Crippen LogP contribution in [0, 0.1) is 5.41 Å². The van der Waals surface area contributed by atoms with Gasteiger partial charge in [-0.1, -0.05) is 25.1 Å². The molecule has 12 heteroatoms. The van der Waals surface area contributed by atoms with Gasteiger partial charge in [-0.2, -0.15) is 18.2 Å². The Labute approximate surface area is 176 Å². The average molecular weight is 446 g/mol. The lowest BCUT2D eigenvalue weighted by Crippen LogP contribution is -2.21. The number of nitrogens with zero attached hydrogens (tertiary/aromatic N) is 3. The highest BCUT2D eigenvalue weighted by atomic mass is 19.4. The molecule has 0 aliphatic rings. The van der Waals surface area contributed by atoms with Crippen LogP contribution >= 0.6 is 0 Å². The molecule has 0 amide bonds. The van der Waals surface area contributed by atoms with Crippen molar-refractivity contribution >= 4 is 17.8 Å². The first-order valence-corrected chi connectivity index (χ1v) is 9.37. The van der Waals surface area contributed by atoms with E-state index in [9.17, 15) is 18.0 Å². The lowest BCUT2D eigenvalue weighted by molar-refractivity contribution is -0.192. The fourth-order valence-corrected chi connectivity index (χ4v) is 2.45. The summed E-state index contributed by atoms with van der Waals surface area (Å²) in [6, 6.07) is 5.76. The van der Waals surface area contributed by atoms with Gasteiger partial charge in [0, 0.05) is 25.6 Å². The third-order valence-electron chi connectivity index (χ3n) is 3.81.